The zero-order valence-corrected chi connectivity index (χ0v) is 6.52. The van der Waals surface area contributed by atoms with Crippen molar-refractivity contribution in [2.24, 2.45) is 0 Å². The van der Waals surface area contributed by atoms with E-state index in [1.165, 1.54) is 12.2 Å². The third kappa shape index (κ3) is 12.4. The Hall–Kier alpha value is -0.801. The Morgan fingerprint density at radius 2 is 1.27 bits per heavy atom. The molecule has 0 saturated carbocycles. The van der Waals surface area contributed by atoms with Gasteiger partial charge in [0.25, 0.3) is 0 Å². The van der Waals surface area contributed by atoms with Gasteiger partial charge >= 0.3 is 11.9 Å². The molecule has 0 aromatic carbocycles. The van der Waals surface area contributed by atoms with Gasteiger partial charge in [0, 0.05) is 17.1 Å². The molecule has 0 aliphatic heterocycles. The molecule has 0 saturated heterocycles. The second-order valence-electron chi connectivity index (χ2n) is 1.67. The molecular weight excluding hydrogens is 200 g/mol. The van der Waals surface area contributed by atoms with Crippen LogP contribution in [0.2, 0.25) is 0 Å². The van der Waals surface area contributed by atoms with E-state index in [-0.39, 0.29) is 29.9 Å². The monoisotopic (exact) mass is 207 g/mol. The Labute approximate surface area is 74.4 Å². The molecule has 0 spiro atoms. The number of hydrogen-bond donors (Lipinski definition) is 2. The number of carboxylic acids is 2. The molecule has 0 aromatic rings. The molecule has 0 fully saturated rings. The van der Waals surface area contributed by atoms with Gasteiger partial charge in [-0.3, -0.25) is 9.59 Å². The Balaban J connectivity index is 0. The van der Waals surface area contributed by atoms with Crippen LogP contribution in [-0.4, -0.2) is 22.2 Å². The fourth-order valence-electron chi connectivity index (χ4n) is 0.368. The van der Waals surface area contributed by atoms with E-state index in [0.29, 0.717) is 0 Å². The van der Waals surface area contributed by atoms with Crippen LogP contribution in [0.3, 0.4) is 0 Å². The van der Waals surface area contributed by atoms with E-state index < -0.39 is 11.9 Å². The molecule has 0 atom stereocenters. The molecule has 0 rings (SSSR count). The largest absolute Gasteiger partial charge is 0.481 e. The van der Waals surface area contributed by atoms with Crippen molar-refractivity contribution in [2.75, 3.05) is 0 Å². The summed E-state index contributed by atoms with van der Waals surface area (Å²) in [4.78, 5) is 19.7. The molecule has 0 amide bonds. The molecule has 0 aliphatic carbocycles. The molecule has 4 nitrogen and oxygen atoms in total. The predicted octanol–water partition coefficient (Wildman–Crippen LogP) is 0.489. The van der Waals surface area contributed by atoms with Crippen LogP contribution in [-0.2, 0) is 26.7 Å². The summed E-state index contributed by atoms with van der Waals surface area (Å²) in [6.07, 6.45) is 2.40. The van der Waals surface area contributed by atoms with Crippen LogP contribution in [0, 0.1) is 0 Å². The second kappa shape index (κ2) is 7.31. The van der Waals surface area contributed by atoms with Gasteiger partial charge in [0.2, 0.25) is 0 Å². The molecule has 0 bridgehead atoms. The van der Waals surface area contributed by atoms with E-state index in [2.05, 4.69) is 0 Å². The molecule has 1 radical (unpaired) electrons. The predicted molar refractivity (Wildman–Crippen MR) is 33.6 cm³/mol. The van der Waals surface area contributed by atoms with Crippen molar-refractivity contribution < 1.29 is 36.9 Å². The fourth-order valence-corrected chi connectivity index (χ4v) is 0.368. The molecule has 0 unspecified atom stereocenters. The van der Waals surface area contributed by atoms with Gasteiger partial charge in [-0.25, -0.2) is 0 Å². The molecule has 0 aromatic heterocycles. The van der Waals surface area contributed by atoms with E-state index in [1.54, 1.807) is 0 Å². The number of carbonyl (C=O) groups is 2. The summed E-state index contributed by atoms with van der Waals surface area (Å²) in [6, 6.07) is 0. The molecule has 11 heavy (non-hydrogen) atoms. The molecule has 0 aliphatic rings. The molecular formula is C6H8CuO4. The minimum atomic E-state index is -0.957. The molecule has 2 N–H and O–H groups in total. The first-order valence-corrected chi connectivity index (χ1v) is 2.71. The van der Waals surface area contributed by atoms with Gasteiger partial charge in [-0.15, -0.1) is 0 Å². The van der Waals surface area contributed by atoms with Crippen molar-refractivity contribution in [2.45, 2.75) is 12.8 Å². The van der Waals surface area contributed by atoms with Gasteiger partial charge in [0.05, 0.1) is 12.8 Å². The van der Waals surface area contributed by atoms with E-state index in [0.717, 1.165) is 0 Å². The van der Waals surface area contributed by atoms with Gasteiger partial charge in [-0.1, -0.05) is 12.2 Å². The standard InChI is InChI=1S/C6H8O4.Cu/c7-5(8)3-1-2-4-6(9)10;/h1-2H,3-4H2,(H,7,8)(H,9,10);. The molecule has 67 valence electrons. The van der Waals surface area contributed by atoms with Crippen molar-refractivity contribution in [1.29, 1.82) is 0 Å². The fraction of sp³-hybridized carbons (Fsp3) is 0.333. The van der Waals surface area contributed by atoms with Gasteiger partial charge in [0.1, 0.15) is 0 Å². The second-order valence-corrected chi connectivity index (χ2v) is 1.67. The van der Waals surface area contributed by atoms with Gasteiger partial charge in [-0.2, -0.15) is 0 Å². The Bertz CT molecular complexity index is 146. The van der Waals surface area contributed by atoms with Crippen molar-refractivity contribution in [3.8, 4) is 0 Å². The van der Waals surface area contributed by atoms with Gasteiger partial charge < -0.3 is 10.2 Å². The maximum Gasteiger partial charge on any atom is 0.307 e. The smallest absolute Gasteiger partial charge is 0.307 e. The topological polar surface area (TPSA) is 74.6 Å². The van der Waals surface area contributed by atoms with Crippen LogP contribution in [0.1, 0.15) is 12.8 Å². The zero-order valence-electron chi connectivity index (χ0n) is 5.58. The first kappa shape index (κ1) is 12.8. The number of carboxylic acid groups (broad SMARTS) is 2. The van der Waals surface area contributed by atoms with Crippen molar-refractivity contribution in [3.05, 3.63) is 12.2 Å². The summed E-state index contributed by atoms with van der Waals surface area (Å²) in [5.41, 5.74) is 0. The third-order valence-corrected chi connectivity index (χ3v) is 0.752. The van der Waals surface area contributed by atoms with E-state index >= 15 is 0 Å². The molecule has 0 heterocycles. The summed E-state index contributed by atoms with van der Waals surface area (Å²) < 4.78 is 0. The Kier molecular flexibility index (Phi) is 8.53. The molecule has 5 heteroatoms. The summed E-state index contributed by atoms with van der Waals surface area (Å²) in [5.74, 6) is -1.91. The van der Waals surface area contributed by atoms with E-state index in [1.807, 2.05) is 0 Å². The van der Waals surface area contributed by atoms with Crippen LogP contribution in [0.25, 0.3) is 0 Å². The first-order chi connectivity index (χ1) is 4.63. The van der Waals surface area contributed by atoms with E-state index in [4.69, 9.17) is 10.2 Å². The van der Waals surface area contributed by atoms with Gasteiger partial charge in [0.15, 0.2) is 0 Å². The summed E-state index contributed by atoms with van der Waals surface area (Å²) in [6.45, 7) is 0. The normalized spacial score (nSPS) is 9.09. The van der Waals surface area contributed by atoms with Crippen LogP contribution in [0.15, 0.2) is 12.2 Å². The minimum Gasteiger partial charge on any atom is -0.481 e. The van der Waals surface area contributed by atoms with Crippen LogP contribution in [0.5, 0.6) is 0 Å². The maximum absolute atomic E-state index is 9.85. The van der Waals surface area contributed by atoms with Crippen molar-refractivity contribution in [3.63, 3.8) is 0 Å². The van der Waals surface area contributed by atoms with Crippen LogP contribution in [0.4, 0.5) is 0 Å². The van der Waals surface area contributed by atoms with Crippen molar-refractivity contribution >= 4 is 11.9 Å². The van der Waals surface area contributed by atoms with Crippen LogP contribution >= 0.6 is 0 Å². The van der Waals surface area contributed by atoms with Crippen LogP contribution < -0.4 is 0 Å². The quantitative estimate of drug-likeness (QED) is 0.520. The first-order valence-electron chi connectivity index (χ1n) is 2.71. The Morgan fingerprint density at radius 1 is 1.00 bits per heavy atom. The number of rotatable bonds is 4. The third-order valence-electron chi connectivity index (χ3n) is 0.752. The van der Waals surface area contributed by atoms with Crippen molar-refractivity contribution in [1.82, 2.24) is 0 Å². The minimum absolute atomic E-state index is 0. The zero-order chi connectivity index (χ0) is 7.98. The Morgan fingerprint density at radius 3 is 1.45 bits per heavy atom. The summed E-state index contributed by atoms with van der Waals surface area (Å²) >= 11 is 0. The average molecular weight is 208 g/mol. The van der Waals surface area contributed by atoms with E-state index in [9.17, 15) is 9.59 Å². The summed E-state index contributed by atoms with van der Waals surface area (Å²) in [7, 11) is 0. The SMILES string of the molecule is O=C(O)CC=CCC(=O)O.[Cu]. The number of hydrogen-bond acceptors (Lipinski definition) is 2. The van der Waals surface area contributed by atoms with Gasteiger partial charge in [-0.05, 0) is 0 Å². The maximum atomic E-state index is 9.85. The number of aliphatic carboxylic acids is 2. The summed E-state index contributed by atoms with van der Waals surface area (Å²) in [5, 5.41) is 16.2. The average Bonchev–Trinajstić information content (AvgIpc) is 1.79.